The second kappa shape index (κ2) is 9.10. The normalized spacial score (nSPS) is 17.5. The van der Waals surface area contributed by atoms with Crippen LogP contribution < -0.4 is 25.8 Å². The van der Waals surface area contributed by atoms with Crippen molar-refractivity contribution in [3.63, 3.8) is 0 Å². The van der Waals surface area contributed by atoms with E-state index in [0.29, 0.717) is 32.0 Å². The fourth-order valence-corrected chi connectivity index (χ4v) is 4.62. The molecule has 9 heteroatoms. The Bertz CT molecular complexity index is 1080. The van der Waals surface area contributed by atoms with E-state index >= 15 is 0 Å². The summed E-state index contributed by atoms with van der Waals surface area (Å²) in [5, 5.41) is 0. The number of nitrogens with zero attached hydrogens (tertiary/aromatic N) is 5. The maximum absolute atomic E-state index is 13.1. The van der Waals surface area contributed by atoms with Gasteiger partial charge in [0.25, 0.3) is 5.56 Å². The maximum atomic E-state index is 13.1. The van der Waals surface area contributed by atoms with Crippen molar-refractivity contribution in [2.24, 2.45) is 20.0 Å². The average molecular weight is 442 g/mol. The van der Waals surface area contributed by atoms with Crippen LogP contribution in [0.5, 0.6) is 5.75 Å². The number of piperazine rings is 1. The van der Waals surface area contributed by atoms with Gasteiger partial charge in [-0.3, -0.25) is 18.7 Å². The number of aromatic nitrogens is 2. The summed E-state index contributed by atoms with van der Waals surface area (Å²) >= 11 is 0. The first-order valence-corrected chi connectivity index (χ1v) is 11.1. The first-order valence-electron chi connectivity index (χ1n) is 11.1. The number of carbonyl (C=O) groups excluding carboxylic acids is 1. The van der Waals surface area contributed by atoms with Gasteiger partial charge in [-0.05, 0) is 37.1 Å². The summed E-state index contributed by atoms with van der Waals surface area (Å²) in [5.74, 6) is 1.67. The quantitative estimate of drug-likeness (QED) is 0.694. The van der Waals surface area contributed by atoms with Crippen molar-refractivity contribution >= 4 is 17.4 Å². The summed E-state index contributed by atoms with van der Waals surface area (Å²) in [5.41, 5.74) is 0.502. The van der Waals surface area contributed by atoms with Crippen molar-refractivity contribution in [1.29, 1.82) is 0 Å². The highest BCUT2D eigenvalue weighted by Crippen LogP contribution is 2.25. The summed E-state index contributed by atoms with van der Waals surface area (Å²) in [4.78, 5) is 43.7. The highest BCUT2D eigenvalue weighted by molar-refractivity contribution is 5.79. The van der Waals surface area contributed by atoms with Crippen LogP contribution in [0.3, 0.4) is 0 Å². The van der Waals surface area contributed by atoms with Gasteiger partial charge in [-0.15, -0.1) is 0 Å². The minimum absolute atomic E-state index is 0.0117. The van der Waals surface area contributed by atoms with Crippen LogP contribution in [0.15, 0.2) is 39.9 Å². The Labute approximate surface area is 187 Å². The molecule has 2 aliphatic heterocycles. The third kappa shape index (κ3) is 4.24. The largest absolute Gasteiger partial charge is 0.497 e. The third-order valence-electron chi connectivity index (χ3n) is 6.70. The van der Waals surface area contributed by atoms with Gasteiger partial charge in [-0.25, -0.2) is 4.79 Å². The highest BCUT2D eigenvalue weighted by Gasteiger charge is 2.31. The molecule has 2 aromatic rings. The van der Waals surface area contributed by atoms with Crippen molar-refractivity contribution in [3.8, 4) is 5.75 Å². The van der Waals surface area contributed by atoms with Crippen molar-refractivity contribution in [2.45, 2.75) is 12.8 Å². The maximum Gasteiger partial charge on any atom is 0.332 e. The van der Waals surface area contributed by atoms with Crippen LogP contribution in [-0.4, -0.2) is 66.3 Å². The van der Waals surface area contributed by atoms with E-state index in [1.54, 1.807) is 14.2 Å². The van der Waals surface area contributed by atoms with Gasteiger partial charge in [-0.1, -0.05) is 0 Å². The Kier molecular flexibility index (Phi) is 6.25. The Morgan fingerprint density at radius 1 is 0.875 bits per heavy atom. The lowest BCUT2D eigenvalue weighted by Gasteiger charge is -2.39. The van der Waals surface area contributed by atoms with Gasteiger partial charge in [0.05, 0.1) is 7.11 Å². The van der Waals surface area contributed by atoms with E-state index in [1.165, 1.54) is 17.7 Å². The Hall–Kier alpha value is -3.23. The summed E-state index contributed by atoms with van der Waals surface area (Å²) in [6.45, 7) is 4.37. The van der Waals surface area contributed by atoms with E-state index < -0.39 is 0 Å². The van der Waals surface area contributed by atoms with E-state index in [4.69, 9.17) is 4.74 Å². The van der Waals surface area contributed by atoms with Crippen LogP contribution in [0.25, 0.3) is 0 Å². The molecule has 1 amide bonds. The molecule has 0 radical (unpaired) electrons. The van der Waals surface area contributed by atoms with Crippen molar-refractivity contribution < 1.29 is 9.53 Å². The predicted molar refractivity (Wildman–Crippen MR) is 124 cm³/mol. The molecule has 0 atom stereocenters. The monoisotopic (exact) mass is 441 g/mol. The van der Waals surface area contributed by atoms with Crippen molar-refractivity contribution in [1.82, 2.24) is 14.0 Å². The molecule has 9 nitrogen and oxygen atoms in total. The Balaban J connectivity index is 1.32. The lowest BCUT2D eigenvalue weighted by Crippen LogP contribution is -2.52. The standard InChI is InChI=1S/C23H31N5O4/c1-24-20(16-21(29)25(2)23(24)31)27-10-8-17(9-11-27)22(30)28-14-12-26(13-15-28)18-4-6-19(32-3)7-5-18/h4-7,16-17H,8-15H2,1-3H3. The lowest BCUT2D eigenvalue weighted by molar-refractivity contribution is -0.136. The zero-order chi connectivity index (χ0) is 22.8. The van der Waals surface area contributed by atoms with E-state index in [-0.39, 0.29) is 23.1 Å². The molecule has 2 saturated heterocycles. The fraction of sp³-hybridized carbons (Fsp3) is 0.522. The molecule has 3 heterocycles. The minimum atomic E-state index is -0.333. The second-order valence-electron chi connectivity index (χ2n) is 8.51. The van der Waals surface area contributed by atoms with Crippen LogP contribution in [0.1, 0.15) is 12.8 Å². The van der Waals surface area contributed by atoms with Crippen molar-refractivity contribution in [3.05, 3.63) is 51.2 Å². The molecule has 1 aromatic carbocycles. The van der Waals surface area contributed by atoms with Gasteiger partial charge in [0.2, 0.25) is 5.91 Å². The van der Waals surface area contributed by atoms with Crippen LogP contribution >= 0.6 is 0 Å². The molecular weight excluding hydrogens is 410 g/mol. The van der Waals surface area contributed by atoms with Gasteiger partial charge in [0.1, 0.15) is 11.6 Å². The molecule has 0 saturated carbocycles. The molecule has 0 bridgehead atoms. The molecule has 0 spiro atoms. The molecule has 4 rings (SSSR count). The molecule has 0 aliphatic carbocycles. The van der Waals surface area contributed by atoms with Gasteiger partial charge >= 0.3 is 5.69 Å². The molecule has 2 aliphatic rings. The van der Waals surface area contributed by atoms with Gasteiger partial charge < -0.3 is 19.4 Å². The molecule has 172 valence electrons. The zero-order valence-electron chi connectivity index (χ0n) is 19.0. The molecular formula is C23H31N5O4. The first kappa shape index (κ1) is 22.0. The van der Waals surface area contributed by atoms with Gasteiger partial charge in [0.15, 0.2) is 0 Å². The highest BCUT2D eigenvalue weighted by atomic mass is 16.5. The smallest absolute Gasteiger partial charge is 0.332 e. The summed E-state index contributed by atoms with van der Waals surface area (Å²) < 4.78 is 7.83. The zero-order valence-corrected chi connectivity index (χ0v) is 19.0. The number of methoxy groups -OCH3 is 1. The predicted octanol–water partition coefficient (Wildman–Crippen LogP) is 0.658. The van der Waals surface area contributed by atoms with E-state index in [2.05, 4.69) is 17.0 Å². The molecule has 0 N–H and O–H groups in total. The number of hydrogen-bond donors (Lipinski definition) is 0. The second-order valence-corrected chi connectivity index (χ2v) is 8.51. The van der Waals surface area contributed by atoms with E-state index in [0.717, 1.165) is 41.9 Å². The number of anilines is 2. The Morgan fingerprint density at radius 2 is 1.50 bits per heavy atom. The van der Waals surface area contributed by atoms with Crippen LogP contribution in [0.2, 0.25) is 0 Å². The van der Waals surface area contributed by atoms with Gasteiger partial charge in [-0.2, -0.15) is 0 Å². The SMILES string of the molecule is COc1ccc(N2CCN(C(=O)C3CCN(c4cc(=O)n(C)c(=O)n4C)CC3)CC2)cc1. The number of ether oxygens (including phenoxy) is 1. The number of benzene rings is 1. The van der Waals surface area contributed by atoms with E-state index in [9.17, 15) is 14.4 Å². The fourth-order valence-electron chi connectivity index (χ4n) is 4.62. The number of carbonyl (C=O) groups is 1. The molecule has 1 aromatic heterocycles. The van der Waals surface area contributed by atoms with Crippen LogP contribution in [0, 0.1) is 5.92 Å². The van der Waals surface area contributed by atoms with E-state index in [1.807, 2.05) is 21.9 Å². The Morgan fingerprint density at radius 3 is 2.09 bits per heavy atom. The minimum Gasteiger partial charge on any atom is -0.497 e. The average Bonchev–Trinajstić information content (AvgIpc) is 2.85. The van der Waals surface area contributed by atoms with Crippen molar-refractivity contribution in [2.75, 3.05) is 56.2 Å². The van der Waals surface area contributed by atoms with Crippen LogP contribution in [-0.2, 0) is 18.9 Å². The van der Waals surface area contributed by atoms with Crippen LogP contribution in [0.4, 0.5) is 11.5 Å². The lowest BCUT2D eigenvalue weighted by atomic mass is 9.95. The number of rotatable bonds is 4. The van der Waals surface area contributed by atoms with Gasteiger partial charge in [0, 0.05) is 71.0 Å². The number of amides is 1. The molecule has 2 fully saturated rings. The first-order chi connectivity index (χ1) is 15.4. The molecule has 32 heavy (non-hydrogen) atoms. The summed E-state index contributed by atoms with van der Waals surface area (Å²) in [7, 11) is 4.82. The summed E-state index contributed by atoms with van der Waals surface area (Å²) in [6.07, 6.45) is 1.45. The third-order valence-corrected chi connectivity index (χ3v) is 6.70. The number of piperidine rings is 1. The summed E-state index contributed by atoms with van der Waals surface area (Å²) in [6, 6.07) is 9.52. The topological polar surface area (TPSA) is 80.0 Å². The molecule has 0 unspecified atom stereocenters. The number of hydrogen-bond acceptors (Lipinski definition) is 6.